The molecule has 1 aromatic heterocycles. The summed E-state index contributed by atoms with van der Waals surface area (Å²) >= 11 is 1.19. The Hall–Kier alpha value is -2.98. The molecule has 30 heavy (non-hydrogen) atoms. The molecule has 0 fully saturated rings. The first-order chi connectivity index (χ1) is 14.3. The van der Waals surface area contributed by atoms with Gasteiger partial charge in [0.2, 0.25) is 0 Å². The molecule has 2 N–H and O–H groups in total. The molecule has 1 heterocycles. The number of halogens is 1. The van der Waals surface area contributed by atoms with E-state index in [0.717, 1.165) is 21.9 Å². The van der Waals surface area contributed by atoms with Crippen LogP contribution in [0.2, 0.25) is 0 Å². The topological polar surface area (TPSA) is 77.1 Å². The molecule has 0 aliphatic carbocycles. The van der Waals surface area contributed by atoms with Gasteiger partial charge in [-0.2, -0.15) is 5.26 Å². The number of rotatable bonds is 4. The summed E-state index contributed by atoms with van der Waals surface area (Å²) in [6, 6.07) is 16.7. The molecule has 0 saturated carbocycles. The van der Waals surface area contributed by atoms with Crippen molar-refractivity contribution in [1.82, 2.24) is 4.98 Å². The molecule has 0 atom stereocenters. The molecule has 0 unspecified atom stereocenters. The molecular formula is C24H19FN2O2S. The number of benzene rings is 3. The number of nitrogens with zero attached hydrogens (tertiary/aromatic N) is 2. The van der Waals surface area contributed by atoms with Crippen LogP contribution in [-0.4, -0.2) is 26.2 Å². The van der Waals surface area contributed by atoms with Crippen molar-refractivity contribution in [2.75, 3.05) is 0 Å². The second kappa shape index (κ2) is 7.69. The minimum Gasteiger partial charge on any atom is -0.367 e. The van der Waals surface area contributed by atoms with Gasteiger partial charge in [0.15, 0.2) is 6.29 Å². The van der Waals surface area contributed by atoms with Crippen LogP contribution in [0.15, 0.2) is 65.8 Å². The maximum absolute atomic E-state index is 14.9. The Labute approximate surface area is 177 Å². The summed E-state index contributed by atoms with van der Waals surface area (Å²) in [7, 11) is 0. The van der Waals surface area contributed by atoms with Crippen molar-refractivity contribution in [3.63, 3.8) is 0 Å². The summed E-state index contributed by atoms with van der Waals surface area (Å²) in [5.74, 6) is -0.425. The van der Waals surface area contributed by atoms with Gasteiger partial charge >= 0.3 is 0 Å². The first-order valence-electron chi connectivity index (χ1n) is 9.36. The largest absolute Gasteiger partial charge is 0.367 e. The molecule has 4 aromatic rings. The first-order valence-corrected chi connectivity index (χ1v) is 10.2. The molecule has 0 aliphatic heterocycles. The third-order valence-corrected chi connectivity index (χ3v) is 6.35. The van der Waals surface area contributed by atoms with Crippen molar-refractivity contribution in [3.05, 3.63) is 72.3 Å². The highest BCUT2D eigenvalue weighted by Gasteiger charge is 2.28. The lowest BCUT2D eigenvalue weighted by Crippen LogP contribution is -2.32. The van der Waals surface area contributed by atoms with Gasteiger partial charge in [-0.05, 0) is 48.4 Å². The van der Waals surface area contributed by atoms with Gasteiger partial charge in [-0.1, -0.05) is 30.3 Å². The Balaban J connectivity index is 1.97. The van der Waals surface area contributed by atoms with Crippen LogP contribution < -0.4 is 0 Å². The van der Waals surface area contributed by atoms with Crippen LogP contribution in [0.25, 0.3) is 32.7 Å². The third-order valence-electron chi connectivity index (χ3n) is 5.14. The number of thioether (sulfide) groups is 1. The molecule has 0 bridgehead atoms. The molecule has 0 aliphatic rings. The Kier molecular flexibility index (Phi) is 5.20. The number of hydrogen-bond acceptors (Lipinski definition) is 5. The van der Waals surface area contributed by atoms with Crippen molar-refractivity contribution in [2.45, 2.75) is 29.8 Å². The minimum absolute atomic E-state index is 0.382. The molecular weight excluding hydrogens is 399 g/mol. The highest BCUT2D eigenvalue weighted by atomic mass is 32.2. The van der Waals surface area contributed by atoms with Gasteiger partial charge in [-0.25, -0.2) is 4.39 Å². The van der Waals surface area contributed by atoms with E-state index in [-0.39, 0.29) is 0 Å². The number of hydrogen-bond donors (Lipinski definition) is 2. The molecule has 4 rings (SSSR count). The van der Waals surface area contributed by atoms with Gasteiger partial charge in [-0.15, -0.1) is 11.8 Å². The first kappa shape index (κ1) is 20.3. The van der Waals surface area contributed by atoms with E-state index >= 15 is 0 Å². The maximum atomic E-state index is 14.9. The predicted molar refractivity (Wildman–Crippen MR) is 118 cm³/mol. The Morgan fingerprint density at radius 2 is 1.70 bits per heavy atom. The molecule has 150 valence electrons. The summed E-state index contributed by atoms with van der Waals surface area (Å²) in [5, 5.41) is 31.5. The molecule has 4 nitrogen and oxygen atoms in total. The van der Waals surface area contributed by atoms with E-state index in [2.05, 4.69) is 11.1 Å². The SMILES string of the molecule is CC(C)(Sc1cc(F)c2cncc(-c3ccc(C#N)c4ccccc34)c2c1)C(O)O. The van der Waals surface area contributed by atoms with E-state index in [1.54, 1.807) is 26.1 Å². The molecule has 0 spiro atoms. The van der Waals surface area contributed by atoms with Crippen molar-refractivity contribution in [1.29, 1.82) is 5.26 Å². The molecule has 0 saturated heterocycles. The standard InChI is InChI=1S/C24H19FN2O2S/c1-24(2,23(28)29)30-15-9-19-20(12-27-13-21(19)22(25)10-15)18-8-7-14(11-26)16-5-3-4-6-17(16)18/h3-10,12-13,23,28-29H,1-2H3. The number of aromatic nitrogens is 1. The summed E-state index contributed by atoms with van der Waals surface area (Å²) in [5.41, 5.74) is 2.17. The van der Waals surface area contributed by atoms with Crippen LogP contribution in [0.5, 0.6) is 0 Å². The smallest absolute Gasteiger partial charge is 0.166 e. The van der Waals surface area contributed by atoms with Gasteiger partial charge in [0.05, 0.1) is 16.4 Å². The molecule has 0 radical (unpaired) electrons. The van der Waals surface area contributed by atoms with E-state index < -0.39 is 16.9 Å². The zero-order chi connectivity index (χ0) is 21.5. The maximum Gasteiger partial charge on any atom is 0.166 e. The summed E-state index contributed by atoms with van der Waals surface area (Å²) < 4.78 is 14.0. The molecule has 0 amide bonds. The fourth-order valence-electron chi connectivity index (χ4n) is 3.46. The van der Waals surface area contributed by atoms with Crippen LogP contribution in [0.3, 0.4) is 0 Å². The Morgan fingerprint density at radius 3 is 2.40 bits per heavy atom. The lowest BCUT2D eigenvalue weighted by Gasteiger charge is -2.26. The second-order valence-corrected chi connectivity index (χ2v) is 9.31. The van der Waals surface area contributed by atoms with Crippen molar-refractivity contribution < 1.29 is 14.6 Å². The van der Waals surface area contributed by atoms with E-state index in [1.807, 2.05) is 36.4 Å². The van der Waals surface area contributed by atoms with E-state index in [9.17, 15) is 19.9 Å². The van der Waals surface area contributed by atoms with Crippen molar-refractivity contribution in [2.24, 2.45) is 0 Å². The molecule has 3 aromatic carbocycles. The van der Waals surface area contributed by atoms with E-state index in [4.69, 9.17) is 0 Å². The number of aliphatic hydroxyl groups excluding tert-OH is 1. The lowest BCUT2D eigenvalue weighted by molar-refractivity contribution is -0.0606. The third kappa shape index (κ3) is 3.52. The zero-order valence-corrected chi connectivity index (χ0v) is 17.2. The van der Waals surface area contributed by atoms with Crippen LogP contribution >= 0.6 is 11.8 Å². The second-order valence-electron chi connectivity index (χ2n) is 7.58. The average Bonchev–Trinajstić information content (AvgIpc) is 2.72. The number of pyridine rings is 1. The van der Waals surface area contributed by atoms with Crippen LogP contribution in [0.4, 0.5) is 4.39 Å². The zero-order valence-electron chi connectivity index (χ0n) is 16.4. The highest BCUT2D eigenvalue weighted by molar-refractivity contribution is 8.00. The Morgan fingerprint density at radius 1 is 0.967 bits per heavy atom. The summed E-state index contributed by atoms with van der Waals surface area (Å²) in [6.45, 7) is 3.37. The van der Waals surface area contributed by atoms with Gasteiger partial charge in [0, 0.05) is 33.6 Å². The number of nitriles is 1. The highest BCUT2D eigenvalue weighted by Crippen LogP contribution is 2.40. The summed E-state index contributed by atoms with van der Waals surface area (Å²) in [6.07, 6.45) is 1.62. The monoisotopic (exact) mass is 418 g/mol. The van der Waals surface area contributed by atoms with Crippen molar-refractivity contribution in [3.8, 4) is 17.2 Å². The predicted octanol–water partition coefficient (Wildman–Crippen LogP) is 5.25. The Bertz CT molecular complexity index is 1310. The van der Waals surface area contributed by atoms with E-state index in [0.29, 0.717) is 21.2 Å². The van der Waals surface area contributed by atoms with E-state index in [1.165, 1.54) is 24.0 Å². The normalized spacial score (nSPS) is 11.9. The van der Waals surface area contributed by atoms with Gasteiger partial charge in [0.25, 0.3) is 0 Å². The minimum atomic E-state index is -1.55. The van der Waals surface area contributed by atoms with Gasteiger partial charge < -0.3 is 10.2 Å². The van der Waals surface area contributed by atoms with Crippen LogP contribution in [0.1, 0.15) is 19.4 Å². The fourth-order valence-corrected chi connectivity index (χ4v) is 4.52. The number of fused-ring (bicyclic) bond motifs is 2. The average molecular weight is 418 g/mol. The summed E-state index contributed by atoms with van der Waals surface area (Å²) in [4.78, 5) is 4.83. The van der Waals surface area contributed by atoms with Gasteiger partial charge in [-0.3, -0.25) is 4.98 Å². The van der Waals surface area contributed by atoms with Crippen molar-refractivity contribution >= 4 is 33.3 Å². The molecule has 6 heteroatoms. The number of aliphatic hydroxyl groups is 2. The van der Waals surface area contributed by atoms with Crippen LogP contribution in [0, 0.1) is 17.1 Å². The lowest BCUT2D eigenvalue weighted by atomic mass is 9.93. The fraction of sp³-hybridized carbons (Fsp3) is 0.167. The van der Waals surface area contributed by atoms with Crippen LogP contribution in [-0.2, 0) is 0 Å². The quantitative estimate of drug-likeness (QED) is 0.350. The van der Waals surface area contributed by atoms with Gasteiger partial charge in [0.1, 0.15) is 5.82 Å².